The number of aliphatic hydroxyl groups excluding tert-OH is 1. The fourth-order valence-corrected chi connectivity index (χ4v) is 2.62. The molecule has 5 heteroatoms. The van der Waals surface area contributed by atoms with Gasteiger partial charge in [0.05, 0.1) is 18.8 Å². The van der Waals surface area contributed by atoms with Crippen molar-refractivity contribution in [1.82, 2.24) is 10.6 Å². The molecule has 3 N–H and O–H groups in total. The molecular formula is C20H20N2O3. The van der Waals surface area contributed by atoms with Crippen molar-refractivity contribution in [2.45, 2.75) is 18.7 Å². The zero-order chi connectivity index (χ0) is 17.5. The number of carbonyl (C=O) groups is 1. The fraction of sp³-hybridized carbons (Fsp3) is 0.150. The van der Waals surface area contributed by atoms with Crippen molar-refractivity contribution >= 4 is 6.03 Å². The van der Waals surface area contributed by atoms with Gasteiger partial charge in [0.2, 0.25) is 0 Å². The van der Waals surface area contributed by atoms with Gasteiger partial charge in [-0.3, -0.25) is 0 Å². The van der Waals surface area contributed by atoms with Gasteiger partial charge in [-0.15, -0.1) is 0 Å². The van der Waals surface area contributed by atoms with Gasteiger partial charge in [-0.1, -0.05) is 60.7 Å². The van der Waals surface area contributed by atoms with Gasteiger partial charge in [0, 0.05) is 0 Å². The largest absolute Gasteiger partial charge is 0.467 e. The molecule has 0 radical (unpaired) electrons. The van der Waals surface area contributed by atoms with Crippen LogP contribution in [0.5, 0.6) is 0 Å². The number of furan rings is 1. The molecule has 0 aliphatic rings. The summed E-state index contributed by atoms with van der Waals surface area (Å²) in [5.74, 6) is 0.662. The van der Waals surface area contributed by atoms with E-state index < -0.39 is 12.1 Å². The van der Waals surface area contributed by atoms with Crippen LogP contribution >= 0.6 is 0 Å². The smallest absolute Gasteiger partial charge is 0.315 e. The molecular weight excluding hydrogens is 316 g/mol. The van der Waals surface area contributed by atoms with Gasteiger partial charge in [0.25, 0.3) is 0 Å². The second-order valence-electron chi connectivity index (χ2n) is 5.65. The van der Waals surface area contributed by atoms with Crippen LogP contribution in [0.25, 0.3) is 0 Å². The molecule has 25 heavy (non-hydrogen) atoms. The van der Waals surface area contributed by atoms with Crippen LogP contribution in [0.3, 0.4) is 0 Å². The van der Waals surface area contributed by atoms with Crippen LogP contribution in [0.15, 0.2) is 83.5 Å². The Bertz CT molecular complexity index is 773. The third-order valence-electron chi connectivity index (χ3n) is 3.91. The SMILES string of the molecule is O=C(NCc1ccco1)N[C@H](c1ccccc1)[C@@H](O)c1ccccc1. The molecule has 1 aromatic heterocycles. The molecule has 0 fully saturated rings. The summed E-state index contributed by atoms with van der Waals surface area (Å²) >= 11 is 0. The van der Waals surface area contributed by atoms with Crippen LogP contribution in [0.4, 0.5) is 4.79 Å². The molecule has 128 valence electrons. The molecule has 2 amide bonds. The summed E-state index contributed by atoms with van der Waals surface area (Å²) in [7, 11) is 0. The molecule has 0 unspecified atom stereocenters. The molecule has 2 atom stereocenters. The predicted molar refractivity (Wildman–Crippen MR) is 94.7 cm³/mol. The lowest BCUT2D eigenvalue weighted by Gasteiger charge is -2.25. The Morgan fingerprint density at radius 3 is 2.16 bits per heavy atom. The van der Waals surface area contributed by atoms with Crippen molar-refractivity contribution in [2.24, 2.45) is 0 Å². The number of amides is 2. The van der Waals surface area contributed by atoms with Crippen molar-refractivity contribution in [3.8, 4) is 0 Å². The average molecular weight is 336 g/mol. The van der Waals surface area contributed by atoms with Crippen LogP contribution in [0, 0.1) is 0 Å². The molecule has 1 heterocycles. The highest BCUT2D eigenvalue weighted by molar-refractivity contribution is 5.74. The molecule has 0 bridgehead atoms. The summed E-state index contributed by atoms with van der Waals surface area (Å²) in [5.41, 5.74) is 1.56. The first kappa shape index (κ1) is 16.8. The fourth-order valence-electron chi connectivity index (χ4n) is 2.62. The Morgan fingerprint density at radius 1 is 0.920 bits per heavy atom. The molecule has 0 aliphatic heterocycles. The first-order valence-corrected chi connectivity index (χ1v) is 8.09. The second-order valence-corrected chi connectivity index (χ2v) is 5.65. The molecule has 0 aliphatic carbocycles. The van der Waals surface area contributed by atoms with Crippen molar-refractivity contribution in [2.75, 3.05) is 0 Å². The lowest BCUT2D eigenvalue weighted by molar-refractivity contribution is 0.130. The number of urea groups is 1. The van der Waals surface area contributed by atoms with Crippen LogP contribution < -0.4 is 10.6 Å². The first-order valence-electron chi connectivity index (χ1n) is 8.09. The van der Waals surface area contributed by atoms with Crippen molar-refractivity contribution < 1.29 is 14.3 Å². The molecule has 3 aromatic rings. The number of hydrogen-bond acceptors (Lipinski definition) is 3. The third-order valence-corrected chi connectivity index (χ3v) is 3.91. The molecule has 0 saturated carbocycles. The Labute approximate surface area is 146 Å². The topological polar surface area (TPSA) is 74.5 Å². The first-order chi connectivity index (χ1) is 12.2. The van der Waals surface area contributed by atoms with E-state index in [0.717, 1.165) is 11.1 Å². The number of aliphatic hydroxyl groups is 1. The predicted octanol–water partition coefficient (Wildman–Crippen LogP) is 3.55. The molecule has 5 nitrogen and oxygen atoms in total. The number of carbonyl (C=O) groups excluding carboxylic acids is 1. The van der Waals surface area contributed by atoms with E-state index in [-0.39, 0.29) is 12.6 Å². The average Bonchev–Trinajstić information content (AvgIpc) is 3.19. The highest BCUT2D eigenvalue weighted by Gasteiger charge is 2.24. The van der Waals surface area contributed by atoms with E-state index in [0.29, 0.717) is 5.76 Å². The minimum Gasteiger partial charge on any atom is -0.467 e. The number of benzene rings is 2. The molecule has 0 saturated heterocycles. The van der Waals surface area contributed by atoms with Crippen LogP contribution in [-0.4, -0.2) is 11.1 Å². The van der Waals surface area contributed by atoms with Crippen LogP contribution in [-0.2, 0) is 6.54 Å². The van der Waals surface area contributed by atoms with Gasteiger partial charge in [-0.05, 0) is 23.3 Å². The lowest BCUT2D eigenvalue weighted by Crippen LogP contribution is -2.39. The minimum absolute atomic E-state index is 0.280. The maximum atomic E-state index is 12.3. The van der Waals surface area contributed by atoms with Gasteiger partial charge in [-0.2, -0.15) is 0 Å². The van der Waals surface area contributed by atoms with E-state index in [9.17, 15) is 9.90 Å². The molecule has 3 rings (SSSR count). The van der Waals surface area contributed by atoms with E-state index in [1.54, 1.807) is 18.4 Å². The van der Waals surface area contributed by atoms with Gasteiger partial charge in [-0.25, -0.2) is 4.79 Å². The highest BCUT2D eigenvalue weighted by atomic mass is 16.3. The Kier molecular flexibility index (Phi) is 5.49. The molecule has 0 spiro atoms. The van der Waals surface area contributed by atoms with E-state index in [1.165, 1.54) is 0 Å². The van der Waals surface area contributed by atoms with E-state index in [1.807, 2.05) is 60.7 Å². The van der Waals surface area contributed by atoms with Crippen molar-refractivity contribution in [3.05, 3.63) is 95.9 Å². The minimum atomic E-state index is -0.863. The summed E-state index contributed by atoms with van der Waals surface area (Å²) in [6.45, 7) is 0.280. The maximum absolute atomic E-state index is 12.3. The standard InChI is InChI=1S/C20H20N2O3/c23-19(16-10-5-2-6-11-16)18(15-8-3-1-4-9-15)22-20(24)21-14-17-12-7-13-25-17/h1-13,18-19,23H,14H2,(H2,21,22,24)/t18-,19+/m1/s1. The number of nitrogens with one attached hydrogen (secondary N) is 2. The summed E-state index contributed by atoms with van der Waals surface area (Å²) in [4.78, 5) is 12.3. The third kappa shape index (κ3) is 4.49. The van der Waals surface area contributed by atoms with E-state index in [2.05, 4.69) is 10.6 Å². The lowest BCUT2D eigenvalue weighted by atomic mass is 9.96. The quantitative estimate of drug-likeness (QED) is 0.644. The Hall–Kier alpha value is -3.05. The zero-order valence-corrected chi connectivity index (χ0v) is 13.6. The second kappa shape index (κ2) is 8.17. The highest BCUT2D eigenvalue weighted by Crippen LogP contribution is 2.28. The normalized spacial score (nSPS) is 13.0. The van der Waals surface area contributed by atoms with Crippen molar-refractivity contribution in [3.63, 3.8) is 0 Å². The zero-order valence-electron chi connectivity index (χ0n) is 13.6. The summed E-state index contributed by atoms with van der Waals surface area (Å²) in [6.07, 6.45) is 0.693. The van der Waals surface area contributed by atoms with Gasteiger partial charge >= 0.3 is 6.03 Å². The Balaban J connectivity index is 1.73. The molecule has 2 aromatic carbocycles. The van der Waals surface area contributed by atoms with Crippen LogP contribution in [0.1, 0.15) is 29.0 Å². The maximum Gasteiger partial charge on any atom is 0.315 e. The van der Waals surface area contributed by atoms with Gasteiger partial charge in [0.15, 0.2) is 0 Å². The Morgan fingerprint density at radius 2 is 1.56 bits per heavy atom. The summed E-state index contributed by atoms with van der Waals surface area (Å²) in [5, 5.41) is 16.4. The van der Waals surface area contributed by atoms with Gasteiger partial charge < -0.3 is 20.2 Å². The number of rotatable bonds is 6. The van der Waals surface area contributed by atoms with Crippen LogP contribution in [0.2, 0.25) is 0 Å². The van der Waals surface area contributed by atoms with E-state index in [4.69, 9.17) is 4.42 Å². The summed E-state index contributed by atoms with van der Waals surface area (Å²) in [6, 6.07) is 21.3. The van der Waals surface area contributed by atoms with Gasteiger partial charge in [0.1, 0.15) is 11.9 Å². The summed E-state index contributed by atoms with van der Waals surface area (Å²) < 4.78 is 5.20. The van der Waals surface area contributed by atoms with E-state index >= 15 is 0 Å². The van der Waals surface area contributed by atoms with Crippen molar-refractivity contribution in [1.29, 1.82) is 0 Å². The number of hydrogen-bond donors (Lipinski definition) is 3. The monoisotopic (exact) mass is 336 g/mol.